The molecule has 98 valence electrons. The fourth-order valence-corrected chi connectivity index (χ4v) is 1.94. The number of nitrogens with zero attached hydrogens (tertiary/aromatic N) is 3. The lowest BCUT2D eigenvalue weighted by Gasteiger charge is -2.17. The van der Waals surface area contributed by atoms with Crippen molar-refractivity contribution in [1.82, 2.24) is 14.9 Å². The molecule has 0 aliphatic rings. The molecule has 0 spiro atoms. The van der Waals surface area contributed by atoms with Gasteiger partial charge in [0.25, 0.3) is 0 Å². The Morgan fingerprint density at radius 3 is 2.67 bits per heavy atom. The highest BCUT2D eigenvalue weighted by Crippen LogP contribution is 2.25. The van der Waals surface area contributed by atoms with Gasteiger partial charge in [0.2, 0.25) is 0 Å². The van der Waals surface area contributed by atoms with Gasteiger partial charge in [-0.05, 0) is 6.92 Å². The van der Waals surface area contributed by atoms with Gasteiger partial charge in [-0.25, -0.2) is 0 Å². The van der Waals surface area contributed by atoms with Crippen molar-refractivity contribution in [2.45, 2.75) is 39.7 Å². The first-order valence-corrected chi connectivity index (χ1v) is 6.06. The van der Waals surface area contributed by atoms with E-state index in [1.807, 2.05) is 24.9 Å². The van der Waals surface area contributed by atoms with Gasteiger partial charge in [-0.3, -0.25) is 4.68 Å². The number of hydrogen-bond acceptors (Lipinski definition) is 4. The van der Waals surface area contributed by atoms with E-state index in [1.165, 1.54) is 5.56 Å². The molecule has 0 radical (unpaired) electrons. The molecule has 0 aromatic carbocycles. The third-order valence-corrected chi connectivity index (χ3v) is 2.81. The van der Waals surface area contributed by atoms with Crippen LogP contribution in [0.1, 0.15) is 37.6 Å². The number of nitrogens with one attached hydrogen (secondary N) is 1. The van der Waals surface area contributed by atoms with Crippen LogP contribution in [0.2, 0.25) is 0 Å². The first-order chi connectivity index (χ1) is 8.38. The van der Waals surface area contributed by atoms with E-state index in [4.69, 9.17) is 4.52 Å². The van der Waals surface area contributed by atoms with Crippen LogP contribution >= 0.6 is 0 Å². The minimum Gasteiger partial charge on any atom is -0.363 e. The Labute approximate surface area is 107 Å². The molecule has 5 heteroatoms. The molecule has 0 aliphatic carbocycles. The van der Waals surface area contributed by atoms with Crippen molar-refractivity contribution in [3.8, 4) is 0 Å². The summed E-state index contributed by atoms with van der Waals surface area (Å²) >= 11 is 0. The number of aromatic nitrogens is 3. The summed E-state index contributed by atoms with van der Waals surface area (Å²) in [5, 5.41) is 11.7. The van der Waals surface area contributed by atoms with Gasteiger partial charge in [0.1, 0.15) is 6.26 Å². The predicted molar refractivity (Wildman–Crippen MR) is 70.5 cm³/mol. The van der Waals surface area contributed by atoms with Crippen LogP contribution in [0, 0.1) is 6.92 Å². The number of anilines is 1. The van der Waals surface area contributed by atoms with Crippen molar-refractivity contribution in [2.75, 3.05) is 5.32 Å². The molecule has 0 aliphatic heterocycles. The maximum Gasteiger partial charge on any atom is 0.172 e. The topological polar surface area (TPSA) is 55.9 Å². The van der Waals surface area contributed by atoms with Crippen LogP contribution in [0.5, 0.6) is 0 Å². The van der Waals surface area contributed by atoms with Crippen LogP contribution in [0.25, 0.3) is 0 Å². The largest absolute Gasteiger partial charge is 0.363 e. The van der Waals surface area contributed by atoms with Crippen molar-refractivity contribution >= 4 is 5.82 Å². The first-order valence-electron chi connectivity index (χ1n) is 6.06. The maximum absolute atomic E-state index is 4.90. The molecule has 0 atom stereocenters. The van der Waals surface area contributed by atoms with Crippen LogP contribution in [0.15, 0.2) is 17.0 Å². The summed E-state index contributed by atoms with van der Waals surface area (Å²) in [5.41, 5.74) is 3.35. The average molecular weight is 248 g/mol. The normalized spacial score (nSPS) is 11.8. The lowest BCUT2D eigenvalue weighted by molar-refractivity contribution is 0.421. The van der Waals surface area contributed by atoms with Gasteiger partial charge in [0.15, 0.2) is 5.82 Å². The van der Waals surface area contributed by atoms with Crippen LogP contribution in [0.3, 0.4) is 0 Å². The summed E-state index contributed by atoms with van der Waals surface area (Å²) < 4.78 is 6.76. The van der Waals surface area contributed by atoms with Crippen molar-refractivity contribution in [1.29, 1.82) is 0 Å². The van der Waals surface area contributed by atoms with Gasteiger partial charge in [-0.15, -0.1) is 0 Å². The quantitative estimate of drug-likeness (QED) is 0.907. The second kappa shape index (κ2) is 4.48. The van der Waals surface area contributed by atoms with Gasteiger partial charge >= 0.3 is 0 Å². The molecule has 2 heterocycles. The SMILES string of the molecule is Cc1conc1NCc1cn(C)nc1C(C)(C)C. The number of hydrogen-bond donors (Lipinski definition) is 1. The number of rotatable bonds is 3. The zero-order chi connectivity index (χ0) is 13.3. The standard InChI is InChI=1S/C13H20N4O/c1-9-8-18-16-12(9)14-6-10-7-17(5)15-11(10)13(2,3)4/h7-8H,6H2,1-5H3,(H,14,16). The van der Waals surface area contributed by atoms with Crippen molar-refractivity contribution in [2.24, 2.45) is 7.05 Å². The first kappa shape index (κ1) is 12.7. The average Bonchev–Trinajstić information content (AvgIpc) is 2.81. The van der Waals surface area contributed by atoms with E-state index in [-0.39, 0.29) is 5.41 Å². The van der Waals surface area contributed by atoms with Crippen molar-refractivity contribution in [3.63, 3.8) is 0 Å². The molecule has 2 rings (SSSR count). The maximum atomic E-state index is 4.90. The molecule has 0 bridgehead atoms. The van der Waals surface area contributed by atoms with Crippen LogP contribution < -0.4 is 5.32 Å². The summed E-state index contributed by atoms with van der Waals surface area (Å²) in [7, 11) is 1.94. The van der Waals surface area contributed by atoms with Crippen LogP contribution in [0.4, 0.5) is 5.82 Å². The van der Waals surface area contributed by atoms with Gasteiger partial charge in [-0.1, -0.05) is 25.9 Å². The Hall–Kier alpha value is -1.78. The van der Waals surface area contributed by atoms with Gasteiger partial charge in [0, 0.05) is 36.3 Å². The lowest BCUT2D eigenvalue weighted by Crippen LogP contribution is -2.16. The van der Waals surface area contributed by atoms with Gasteiger partial charge < -0.3 is 9.84 Å². The molecule has 2 aromatic heterocycles. The molecule has 0 fully saturated rings. The Morgan fingerprint density at radius 2 is 2.11 bits per heavy atom. The highest BCUT2D eigenvalue weighted by molar-refractivity contribution is 5.41. The molecule has 0 unspecified atom stereocenters. The van der Waals surface area contributed by atoms with E-state index in [0.29, 0.717) is 6.54 Å². The molecule has 18 heavy (non-hydrogen) atoms. The summed E-state index contributed by atoms with van der Waals surface area (Å²) in [4.78, 5) is 0. The minimum absolute atomic E-state index is 0.0388. The molecule has 0 amide bonds. The Kier molecular flexibility index (Phi) is 3.15. The summed E-state index contributed by atoms with van der Waals surface area (Å²) in [6.45, 7) is 9.17. The van der Waals surface area contributed by atoms with Crippen molar-refractivity contribution < 1.29 is 4.52 Å². The number of aryl methyl sites for hydroxylation is 2. The van der Waals surface area contributed by atoms with Crippen molar-refractivity contribution in [3.05, 3.63) is 29.3 Å². The van der Waals surface area contributed by atoms with E-state index < -0.39 is 0 Å². The zero-order valence-electron chi connectivity index (χ0n) is 11.6. The molecule has 0 saturated heterocycles. The highest BCUT2D eigenvalue weighted by atomic mass is 16.5. The summed E-state index contributed by atoms with van der Waals surface area (Å²) in [6, 6.07) is 0. The molecular formula is C13H20N4O. The highest BCUT2D eigenvalue weighted by Gasteiger charge is 2.21. The van der Waals surface area contributed by atoms with E-state index in [2.05, 4.69) is 36.3 Å². The molecule has 1 N–H and O–H groups in total. The van der Waals surface area contributed by atoms with E-state index >= 15 is 0 Å². The zero-order valence-corrected chi connectivity index (χ0v) is 11.6. The molecule has 5 nitrogen and oxygen atoms in total. The second-order valence-electron chi connectivity index (χ2n) is 5.63. The van der Waals surface area contributed by atoms with Gasteiger partial charge in [0.05, 0.1) is 5.69 Å². The Balaban J connectivity index is 2.17. The monoisotopic (exact) mass is 248 g/mol. The Morgan fingerprint density at radius 1 is 1.39 bits per heavy atom. The Bertz CT molecular complexity index is 533. The van der Waals surface area contributed by atoms with E-state index in [9.17, 15) is 0 Å². The molecule has 2 aromatic rings. The molecule has 0 saturated carbocycles. The predicted octanol–water partition coefficient (Wildman–Crippen LogP) is 2.63. The summed E-state index contributed by atoms with van der Waals surface area (Å²) in [5.74, 6) is 0.790. The van der Waals surface area contributed by atoms with Gasteiger partial charge in [-0.2, -0.15) is 5.10 Å². The minimum atomic E-state index is 0.0388. The van der Waals surface area contributed by atoms with E-state index in [0.717, 1.165) is 17.1 Å². The second-order valence-corrected chi connectivity index (χ2v) is 5.63. The molecular weight excluding hydrogens is 228 g/mol. The smallest absolute Gasteiger partial charge is 0.172 e. The fraction of sp³-hybridized carbons (Fsp3) is 0.538. The lowest BCUT2D eigenvalue weighted by atomic mass is 9.89. The summed E-state index contributed by atoms with van der Waals surface area (Å²) in [6.07, 6.45) is 3.68. The van der Waals surface area contributed by atoms with E-state index in [1.54, 1.807) is 6.26 Å². The third kappa shape index (κ3) is 2.55. The van der Waals surface area contributed by atoms with Crippen LogP contribution in [-0.4, -0.2) is 14.9 Å². The third-order valence-electron chi connectivity index (χ3n) is 2.81. The fourth-order valence-electron chi connectivity index (χ4n) is 1.94. The van der Waals surface area contributed by atoms with Crippen LogP contribution in [-0.2, 0) is 19.0 Å².